The Morgan fingerprint density at radius 2 is 2.35 bits per heavy atom. The number of aliphatic hydroxyl groups is 1. The first kappa shape index (κ1) is 12.3. The van der Waals surface area contributed by atoms with Crippen molar-refractivity contribution < 1.29 is 5.11 Å². The van der Waals surface area contributed by atoms with Crippen molar-refractivity contribution in [2.75, 3.05) is 32.1 Å². The number of rotatable bonds is 4. The van der Waals surface area contributed by atoms with Gasteiger partial charge >= 0.3 is 0 Å². The molecule has 1 fully saturated rings. The van der Waals surface area contributed by atoms with Gasteiger partial charge in [-0.05, 0) is 44.6 Å². The van der Waals surface area contributed by atoms with Gasteiger partial charge in [-0.25, -0.2) is 4.98 Å². The Morgan fingerprint density at radius 1 is 1.53 bits per heavy atom. The van der Waals surface area contributed by atoms with E-state index in [0.717, 1.165) is 24.5 Å². The average molecular weight is 235 g/mol. The van der Waals surface area contributed by atoms with Crippen LogP contribution in [0, 0.1) is 0 Å². The van der Waals surface area contributed by atoms with E-state index in [1.807, 2.05) is 12.1 Å². The summed E-state index contributed by atoms with van der Waals surface area (Å²) in [6.45, 7) is 2.22. The molecule has 1 N–H and O–H groups in total. The fourth-order valence-corrected chi connectivity index (χ4v) is 2.46. The van der Waals surface area contributed by atoms with Crippen molar-refractivity contribution in [2.24, 2.45) is 0 Å². The SMILES string of the molecule is CN(C)CC1CCCN1c1cc(CO)ccn1. The Bertz CT molecular complexity index is 367. The summed E-state index contributed by atoms with van der Waals surface area (Å²) < 4.78 is 0. The van der Waals surface area contributed by atoms with Crippen LogP contribution in [0.1, 0.15) is 18.4 Å². The van der Waals surface area contributed by atoms with Crippen molar-refractivity contribution in [3.63, 3.8) is 0 Å². The lowest BCUT2D eigenvalue weighted by Crippen LogP contribution is -2.38. The van der Waals surface area contributed by atoms with Crippen molar-refractivity contribution in [3.05, 3.63) is 23.9 Å². The minimum Gasteiger partial charge on any atom is -0.392 e. The van der Waals surface area contributed by atoms with E-state index in [1.165, 1.54) is 12.8 Å². The molecule has 1 aromatic rings. The molecule has 4 nitrogen and oxygen atoms in total. The van der Waals surface area contributed by atoms with Crippen LogP contribution >= 0.6 is 0 Å². The number of nitrogens with zero attached hydrogens (tertiary/aromatic N) is 3. The zero-order chi connectivity index (χ0) is 12.3. The zero-order valence-electron chi connectivity index (χ0n) is 10.6. The summed E-state index contributed by atoms with van der Waals surface area (Å²) in [5.41, 5.74) is 0.936. The van der Waals surface area contributed by atoms with E-state index in [2.05, 4.69) is 28.9 Å². The third kappa shape index (κ3) is 2.96. The molecule has 0 aliphatic carbocycles. The lowest BCUT2D eigenvalue weighted by molar-refractivity contribution is 0.281. The van der Waals surface area contributed by atoms with Gasteiger partial charge in [-0.15, -0.1) is 0 Å². The van der Waals surface area contributed by atoms with Gasteiger partial charge in [0.25, 0.3) is 0 Å². The Morgan fingerprint density at radius 3 is 3.06 bits per heavy atom. The Balaban J connectivity index is 2.14. The number of anilines is 1. The quantitative estimate of drug-likeness (QED) is 0.848. The predicted molar refractivity (Wildman–Crippen MR) is 69.1 cm³/mol. The summed E-state index contributed by atoms with van der Waals surface area (Å²) in [5.74, 6) is 1.00. The molecule has 4 heteroatoms. The molecule has 2 heterocycles. The summed E-state index contributed by atoms with van der Waals surface area (Å²) in [7, 11) is 4.21. The van der Waals surface area contributed by atoms with E-state index < -0.39 is 0 Å². The number of hydrogen-bond donors (Lipinski definition) is 1. The molecule has 1 aromatic heterocycles. The third-order valence-electron chi connectivity index (χ3n) is 3.24. The molecule has 0 saturated carbocycles. The van der Waals surface area contributed by atoms with E-state index in [0.29, 0.717) is 6.04 Å². The molecule has 0 radical (unpaired) electrons. The summed E-state index contributed by atoms with van der Waals surface area (Å²) in [4.78, 5) is 9.00. The van der Waals surface area contributed by atoms with Crippen LogP contribution in [0.25, 0.3) is 0 Å². The number of pyridine rings is 1. The highest BCUT2D eigenvalue weighted by Gasteiger charge is 2.25. The Labute approximate surface area is 103 Å². The molecule has 0 spiro atoms. The van der Waals surface area contributed by atoms with Crippen LogP contribution in [0.15, 0.2) is 18.3 Å². The Kier molecular flexibility index (Phi) is 3.97. The van der Waals surface area contributed by atoms with Crippen LogP contribution in [0.5, 0.6) is 0 Å². The highest BCUT2D eigenvalue weighted by Crippen LogP contribution is 2.24. The number of hydrogen-bond acceptors (Lipinski definition) is 4. The lowest BCUT2D eigenvalue weighted by atomic mass is 10.2. The topological polar surface area (TPSA) is 39.6 Å². The van der Waals surface area contributed by atoms with Crippen LogP contribution in [-0.4, -0.2) is 48.2 Å². The average Bonchev–Trinajstić information content (AvgIpc) is 2.76. The zero-order valence-corrected chi connectivity index (χ0v) is 10.6. The van der Waals surface area contributed by atoms with Gasteiger partial charge in [-0.1, -0.05) is 0 Å². The second-order valence-electron chi connectivity index (χ2n) is 4.93. The fourth-order valence-electron chi connectivity index (χ4n) is 2.46. The van der Waals surface area contributed by atoms with Crippen LogP contribution in [0.3, 0.4) is 0 Å². The summed E-state index contributed by atoms with van der Waals surface area (Å²) in [5, 5.41) is 9.16. The van der Waals surface area contributed by atoms with Crippen molar-refractivity contribution in [1.82, 2.24) is 9.88 Å². The molecule has 1 aliphatic rings. The first-order valence-electron chi connectivity index (χ1n) is 6.18. The maximum atomic E-state index is 9.16. The van der Waals surface area contributed by atoms with Crippen molar-refractivity contribution in [2.45, 2.75) is 25.5 Å². The largest absolute Gasteiger partial charge is 0.392 e. The van der Waals surface area contributed by atoms with E-state index in [-0.39, 0.29) is 6.61 Å². The van der Waals surface area contributed by atoms with Crippen LogP contribution in [-0.2, 0) is 6.61 Å². The van der Waals surface area contributed by atoms with Gasteiger partial charge in [-0.2, -0.15) is 0 Å². The summed E-state index contributed by atoms with van der Waals surface area (Å²) >= 11 is 0. The molecule has 1 saturated heterocycles. The first-order chi connectivity index (χ1) is 8.20. The molecule has 17 heavy (non-hydrogen) atoms. The van der Waals surface area contributed by atoms with Crippen LogP contribution in [0.2, 0.25) is 0 Å². The number of aromatic nitrogens is 1. The van der Waals surface area contributed by atoms with Crippen molar-refractivity contribution in [3.8, 4) is 0 Å². The molecule has 1 aliphatic heterocycles. The highest BCUT2D eigenvalue weighted by atomic mass is 16.3. The van der Waals surface area contributed by atoms with Gasteiger partial charge in [0.05, 0.1) is 6.61 Å². The second-order valence-corrected chi connectivity index (χ2v) is 4.93. The maximum absolute atomic E-state index is 9.16. The van der Waals surface area contributed by atoms with Crippen LogP contribution < -0.4 is 4.90 Å². The standard InChI is InChI=1S/C13H21N3O/c1-15(2)9-12-4-3-7-16(12)13-8-11(10-17)5-6-14-13/h5-6,8,12,17H,3-4,7,9-10H2,1-2H3. The van der Waals surface area contributed by atoms with E-state index in [9.17, 15) is 0 Å². The van der Waals surface area contributed by atoms with Gasteiger partial charge in [0.1, 0.15) is 5.82 Å². The molecule has 94 valence electrons. The summed E-state index contributed by atoms with van der Waals surface area (Å²) in [6.07, 6.45) is 4.23. The normalized spacial score (nSPS) is 20.2. The second kappa shape index (κ2) is 5.47. The lowest BCUT2D eigenvalue weighted by Gasteiger charge is -2.28. The van der Waals surface area contributed by atoms with Gasteiger partial charge in [-0.3, -0.25) is 0 Å². The molecule has 1 unspecified atom stereocenters. The maximum Gasteiger partial charge on any atom is 0.129 e. The van der Waals surface area contributed by atoms with Gasteiger partial charge in [0.2, 0.25) is 0 Å². The molecule has 0 bridgehead atoms. The monoisotopic (exact) mass is 235 g/mol. The van der Waals surface area contributed by atoms with Gasteiger partial charge < -0.3 is 14.9 Å². The molecule has 2 rings (SSSR count). The smallest absolute Gasteiger partial charge is 0.129 e. The van der Waals surface area contributed by atoms with E-state index in [1.54, 1.807) is 6.20 Å². The Hall–Kier alpha value is -1.13. The fraction of sp³-hybridized carbons (Fsp3) is 0.615. The predicted octanol–water partition coefficient (Wildman–Crippen LogP) is 1.10. The van der Waals surface area contributed by atoms with E-state index >= 15 is 0 Å². The van der Waals surface area contributed by atoms with Gasteiger partial charge in [0, 0.05) is 25.3 Å². The first-order valence-corrected chi connectivity index (χ1v) is 6.18. The molecule has 1 atom stereocenters. The molecule has 0 amide bonds. The minimum absolute atomic E-state index is 0.0850. The molecule has 0 aromatic carbocycles. The molecular formula is C13H21N3O. The van der Waals surface area contributed by atoms with Crippen molar-refractivity contribution in [1.29, 1.82) is 0 Å². The van der Waals surface area contributed by atoms with Crippen LogP contribution in [0.4, 0.5) is 5.82 Å². The molecular weight excluding hydrogens is 214 g/mol. The van der Waals surface area contributed by atoms with E-state index in [4.69, 9.17) is 5.11 Å². The minimum atomic E-state index is 0.0850. The number of likely N-dealkylation sites (N-methyl/N-ethyl adjacent to an activating group) is 1. The highest BCUT2D eigenvalue weighted by molar-refractivity contribution is 5.43. The third-order valence-corrected chi connectivity index (χ3v) is 3.24. The van der Waals surface area contributed by atoms with Gasteiger partial charge in [0.15, 0.2) is 0 Å². The summed E-state index contributed by atoms with van der Waals surface area (Å²) in [6, 6.07) is 4.40. The number of aliphatic hydroxyl groups excluding tert-OH is 1. The van der Waals surface area contributed by atoms with Crippen molar-refractivity contribution >= 4 is 5.82 Å².